The molecule has 0 fully saturated rings. The summed E-state index contributed by atoms with van der Waals surface area (Å²) in [6.45, 7) is 0.979. The van der Waals surface area contributed by atoms with E-state index < -0.39 is 4.92 Å². The van der Waals surface area contributed by atoms with Crippen molar-refractivity contribution >= 4 is 16.5 Å². The van der Waals surface area contributed by atoms with E-state index in [2.05, 4.69) is 0 Å². The second-order valence-corrected chi connectivity index (χ2v) is 3.75. The Labute approximate surface area is 96.7 Å². The van der Waals surface area contributed by atoms with Crippen molar-refractivity contribution in [2.75, 3.05) is 13.2 Å². The lowest BCUT2D eigenvalue weighted by Crippen LogP contribution is -2.15. The molecule has 86 valence electrons. The molecule has 2 aromatic carbocycles. The number of nitrogens with zero attached hydrogens (tertiary/aromatic N) is 1. The average Bonchev–Trinajstić information content (AvgIpc) is 2.35. The Hall–Kier alpha value is -2.30. The van der Waals surface area contributed by atoms with E-state index in [-0.39, 0.29) is 5.69 Å². The van der Waals surface area contributed by atoms with Crippen LogP contribution in [0.2, 0.25) is 0 Å². The van der Waals surface area contributed by atoms with Crippen molar-refractivity contribution in [2.24, 2.45) is 0 Å². The van der Waals surface area contributed by atoms with Crippen LogP contribution in [-0.4, -0.2) is 18.1 Å². The van der Waals surface area contributed by atoms with Gasteiger partial charge in [-0.1, -0.05) is 12.1 Å². The molecule has 0 N–H and O–H groups in total. The van der Waals surface area contributed by atoms with Gasteiger partial charge in [-0.15, -0.1) is 0 Å². The molecule has 1 aliphatic rings. The van der Waals surface area contributed by atoms with Crippen LogP contribution < -0.4 is 9.47 Å². The van der Waals surface area contributed by atoms with Crippen molar-refractivity contribution in [1.29, 1.82) is 0 Å². The minimum absolute atomic E-state index is 0.0828. The molecule has 0 saturated heterocycles. The number of non-ortho nitro benzene ring substituents is 1. The van der Waals surface area contributed by atoms with E-state index in [1.54, 1.807) is 18.2 Å². The third-order valence-corrected chi connectivity index (χ3v) is 2.72. The molecule has 3 rings (SSSR count). The van der Waals surface area contributed by atoms with Crippen molar-refractivity contribution in [3.8, 4) is 11.5 Å². The summed E-state index contributed by atoms with van der Waals surface area (Å²) in [6.07, 6.45) is 0. The Morgan fingerprint density at radius 3 is 2.53 bits per heavy atom. The summed E-state index contributed by atoms with van der Waals surface area (Å²) in [5, 5.41) is 12.3. The molecular formula is C12H9NO4. The molecule has 17 heavy (non-hydrogen) atoms. The normalized spacial score (nSPS) is 13.6. The molecule has 0 atom stereocenters. The van der Waals surface area contributed by atoms with Crippen LogP contribution in [0.25, 0.3) is 10.8 Å². The predicted molar refractivity (Wildman–Crippen MR) is 61.6 cm³/mol. The van der Waals surface area contributed by atoms with Gasteiger partial charge in [-0.3, -0.25) is 10.1 Å². The lowest BCUT2D eigenvalue weighted by Gasteiger charge is -2.18. The van der Waals surface area contributed by atoms with Gasteiger partial charge < -0.3 is 9.47 Å². The third-order valence-electron chi connectivity index (χ3n) is 2.72. The predicted octanol–water partition coefficient (Wildman–Crippen LogP) is 2.52. The van der Waals surface area contributed by atoms with Crippen molar-refractivity contribution in [3.63, 3.8) is 0 Å². The van der Waals surface area contributed by atoms with Gasteiger partial charge in [0, 0.05) is 6.07 Å². The summed E-state index contributed by atoms with van der Waals surface area (Å²) in [4.78, 5) is 10.5. The third kappa shape index (κ3) is 1.56. The zero-order chi connectivity index (χ0) is 11.8. The van der Waals surface area contributed by atoms with Crippen LogP contribution in [0.5, 0.6) is 11.5 Å². The maximum Gasteiger partial charge on any atom is 0.277 e. The molecule has 1 heterocycles. The number of nitro benzene ring substituents is 1. The number of hydrogen-bond acceptors (Lipinski definition) is 4. The summed E-state index contributed by atoms with van der Waals surface area (Å²) < 4.78 is 10.9. The van der Waals surface area contributed by atoms with Crippen LogP contribution in [0, 0.1) is 10.1 Å². The quantitative estimate of drug-likeness (QED) is 0.558. The molecule has 2 aromatic rings. The fourth-order valence-corrected chi connectivity index (χ4v) is 1.96. The molecule has 0 bridgehead atoms. The van der Waals surface area contributed by atoms with Crippen LogP contribution in [0.1, 0.15) is 0 Å². The lowest BCUT2D eigenvalue weighted by molar-refractivity contribution is -0.383. The fourth-order valence-electron chi connectivity index (χ4n) is 1.96. The van der Waals surface area contributed by atoms with Crippen LogP contribution in [0.3, 0.4) is 0 Å². The Morgan fingerprint density at radius 2 is 1.82 bits per heavy atom. The minimum atomic E-state index is -0.390. The van der Waals surface area contributed by atoms with Crippen LogP contribution in [0.15, 0.2) is 30.3 Å². The first-order valence-corrected chi connectivity index (χ1v) is 5.22. The molecule has 5 nitrogen and oxygen atoms in total. The van der Waals surface area contributed by atoms with Gasteiger partial charge in [-0.05, 0) is 17.5 Å². The highest BCUT2D eigenvalue weighted by atomic mass is 16.6. The second kappa shape index (κ2) is 3.62. The van der Waals surface area contributed by atoms with Crippen LogP contribution >= 0.6 is 0 Å². The van der Waals surface area contributed by atoms with Gasteiger partial charge in [-0.25, -0.2) is 0 Å². The highest BCUT2D eigenvalue weighted by Gasteiger charge is 2.17. The summed E-state index contributed by atoms with van der Waals surface area (Å²) in [5.74, 6) is 1.21. The van der Waals surface area contributed by atoms with E-state index in [1.807, 2.05) is 6.07 Å². The van der Waals surface area contributed by atoms with Crippen molar-refractivity contribution in [1.82, 2.24) is 0 Å². The van der Waals surface area contributed by atoms with Crippen molar-refractivity contribution in [3.05, 3.63) is 40.4 Å². The topological polar surface area (TPSA) is 61.6 Å². The van der Waals surface area contributed by atoms with E-state index in [0.717, 1.165) is 5.39 Å². The van der Waals surface area contributed by atoms with E-state index in [1.165, 1.54) is 6.07 Å². The highest BCUT2D eigenvalue weighted by molar-refractivity contribution is 5.93. The zero-order valence-corrected chi connectivity index (χ0v) is 8.88. The Bertz CT molecular complexity index is 609. The molecule has 0 aliphatic carbocycles. The van der Waals surface area contributed by atoms with Gasteiger partial charge >= 0.3 is 0 Å². The van der Waals surface area contributed by atoms with Crippen LogP contribution in [-0.2, 0) is 0 Å². The molecule has 1 aliphatic heterocycles. The van der Waals surface area contributed by atoms with E-state index >= 15 is 0 Å². The Balaban J connectivity index is 2.30. The minimum Gasteiger partial charge on any atom is -0.486 e. The number of fused-ring (bicyclic) bond motifs is 2. The zero-order valence-electron chi connectivity index (χ0n) is 8.88. The van der Waals surface area contributed by atoms with Crippen molar-refractivity contribution in [2.45, 2.75) is 0 Å². The van der Waals surface area contributed by atoms with Gasteiger partial charge in [0.25, 0.3) is 5.69 Å². The van der Waals surface area contributed by atoms with Gasteiger partial charge in [0.15, 0.2) is 11.5 Å². The smallest absolute Gasteiger partial charge is 0.277 e. The molecule has 0 radical (unpaired) electrons. The fraction of sp³-hybridized carbons (Fsp3) is 0.167. The maximum absolute atomic E-state index is 10.9. The standard InChI is InChI=1S/C12H9NO4/c14-13(15)10-3-1-2-8-6-11-12(7-9(8)10)17-5-4-16-11/h1-3,6-7H,4-5H2. The van der Waals surface area contributed by atoms with Gasteiger partial charge in [0.05, 0.1) is 10.3 Å². The molecular weight excluding hydrogens is 222 g/mol. The van der Waals surface area contributed by atoms with Gasteiger partial charge in [0.1, 0.15) is 13.2 Å². The monoisotopic (exact) mass is 231 g/mol. The van der Waals surface area contributed by atoms with Gasteiger partial charge in [0.2, 0.25) is 0 Å². The molecule has 0 unspecified atom stereocenters. The number of nitro groups is 1. The second-order valence-electron chi connectivity index (χ2n) is 3.75. The number of benzene rings is 2. The lowest BCUT2D eigenvalue weighted by atomic mass is 10.1. The Kier molecular flexibility index (Phi) is 2.11. The van der Waals surface area contributed by atoms with E-state index in [9.17, 15) is 10.1 Å². The summed E-state index contributed by atoms with van der Waals surface area (Å²) in [5.41, 5.74) is 0.0828. The summed E-state index contributed by atoms with van der Waals surface area (Å²) >= 11 is 0. The first-order valence-electron chi connectivity index (χ1n) is 5.22. The molecule has 0 spiro atoms. The molecule has 0 amide bonds. The number of hydrogen-bond donors (Lipinski definition) is 0. The van der Waals surface area contributed by atoms with Crippen LogP contribution in [0.4, 0.5) is 5.69 Å². The molecule has 5 heteroatoms. The Morgan fingerprint density at radius 1 is 1.12 bits per heavy atom. The van der Waals surface area contributed by atoms with E-state index in [4.69, 9.17) is 9.47 Å². The summed E-state index contributed by atoms with van der Waals surface area (Å²) in [7, 11) is 0. The number of ether oxygens (including phenoxy) is 2. The van der Waals surface area contributed by atoms with Gasteiger partial charge in [-0.2, -0.15) is 0 Å². The average molecular weight is 231 g/mol. The largest absolute Gasteiger partial charge is 0.486 e. The molecule has 0 saturated carbocycles. The first kappa shape index (κ1) is 9.89. The molecule has 0 aromatic heterocycles. The highest BCUT2D eigenvalue weighted by Crippen LogP contribution is 2.37. The first-order chi connectivity index (χ1) is 8.25. The summed E-state index contributed by atoms with van der Waals surface area (Å²) in [6, 6.07) is 8.41. The SMILES string of the molecule is O=[N+]([O-])c1cccc2cc3c(cc12)OCCO3. The van der Waals surface area contributed by atoms with Crippen molar-refractivity contribution < 1.29 is 14.4 Å². The van der Waals surface area contributed by atoms with E-state index in [0.29, 0.717) is 30.1 Å². The number of rotatable bonds is 1. The maximum atomic E-state index is 10.9.